The average molecular weight is 309 g/mol. The van der Waals surface area contributed by atoms with Crippen LogP contribution in [-0.4, -0.2) is 49.8 Å². The van der Waals surface area contributed by atoms with E-state index in [0.717, 1.165) is 10.1 Å². The number of amides is 1. The lowest BCUT2D eigenvalue weighted by molar-refractivity contribution is -0.336. The molecule has 2 fully saturated rings. The van der Waals surface area contributed by atoms with Crippen LogP contribution in [0.4, 0.5) is 0 Å². The Morgan fingerprint density at radius 3 is 1.86 bits per heavy atom. The van der Waals surface area contributed by atoms with Crippen LogP contribution in [0, 0.1) is 0 Å². The first-order chi connectivity index (χ1) is 9.83. The van der Waals surface area contributed by atoms with E-state index >= 15 is 0 Å². The highest BCUT2D eigenvalue weighted by atomic mass is 16.5. The maximum absolute atomic E-state index is 13.1. The summed E-state index contributed by atoms with van der Waals surface area (Å²) >= 11 is 0. The quantitative estimate of drug-likeness (QED) is 0.734. The largest absolute Gasteiger partial charge is 0.317 e. The van der Waals surface area contributed by atoms with Gasteiger partial charge in [-0.1, -0.05) is 6.08 Å². The summed E-state index contributed by atoms with van der Waals surface area (Å²) in [5.74, 6) is -0.193. The number of carbonyl (C=O) groups excluding carboxylic acids is 1. The van der Waals surface area contributed by atoms with Gasteiger partial charge in [-0.25, -0.2) is 0 Å². The van der Waals surface area contributed by atoms with Crippen LogP contribution >= 0.6 is 0 Å². The second-order valence-corrected chi connectivity index (χ2v) is 8.30. The van der Waals surface area contributed by atoms with Crippen LogP contribution < -0.4 is 0 Å². The highest BCUT2D eigenvalue weighted by Gasteiger charge is 2.68. The molecule has 1 spiro atoms. The first kappa shape index (κ1) is 17.4. The molecule has 0 unspecified atom stereocenters. The lowest BCUT2D eigenvalue weighted by Crippen LogP contribution is -2.68. The number of piperidine rings is 1. The average Bonchev–Trinajstić information content (AvgIpc) is 2.49. The number of hydroxylamine groups is 4. The van der Waals surface area contributed by atoms with E-state index in [1.54, 1.807) is 52.5 Å². The zero-order valence-corrected chi connectivity index (χ0v) is 14.5. The van der Waals surface area contributed by atoms with Gasteiger partial charge in [0.05, 0.1) is 0 Å². The van der Waals surface area contributed by atoms with Crippen molar-refractivity contribution in [3.05, 3.63) is 12.7 Å². The Bertz CT molecular complexity index is 481. The molecule has 2 saturated heterocycles. The third-order valence-corrected chi connectivity index (χ3v) is 5.05. The van der Waals surface area contributed by atoms with Gasteiger partial charge in [0.1, 0.15) is 11.2 Å². The molecule has 2 aliphatic rings. The van der Waals surface area contributed by atoms with Crippen LogP contribution in [0.15, 0.2) is 12.7 Å². The molecule has 6 heteroatoms. The fourth-order valence-corrected chi connectivity index (χ4v) is 4.41. The van der Waals surface area contributed by atoms with Gasteiger partial charge in [0.25, 0.3) is 0 Å². The van der Waals surface area contributed by atoms with Crippen LogP contribution in [-0.2, 0) is 15.2 Å². The summed E-state index contributed by atoms with van der Waals surface area (Å²) in [5.41, 5.74) is -3.68. The Morgan fingerprint density at radius 1 is 1.00 bits per heavy atom. The van der Waals surface area contributed by atoms with Crippen LogP contribution in [0.3, 0.4) is 0 Å². The van der Waals surface area contributed by atoms with E-state index in [1.165, 1.54) is 0 Å². The molecular formula is C16H27N3O3. The van der Waals surface area contributed by atoms with E-state index in [4.69, 9.17) is 0 Å². The van der Waals surface area contributed by atoms with E-state index in [9.17, 15) is 15.2 Å². The van der Waals surface area contributed by atoms with Crippen molar-refractivity contribution in [1.29, 1.82) is 0 Å². The predicted molar refractivity (Wildman–Crippen MR) is 81.2 cm³/mol. The second kappa shape index (κ2) is 4.77. The number of rotatable bonds is 2. The maximum Gasteiger partial charge on any atom is 0.247 e. The molecule has 0 aliphatic carbocycles. The lowest BCUT2D eigenvalue weighted by atomic mass is 9.70. The number of hydrogen-bond donors (Lipinski definition) is 0. The van der Waals surface area contributed by atoms with Gasteiger partial charge in [-0.3, -0.25) is 4.79 Å². The fraction of sp³-hybridized carbons (Fsp3) is 0.812. The lowest BCUT2D eigenvalue weighted by Gasteiger charge is -2.54. The van der Waals surface area contributed by atoms with Crippen molar-refractivity contribution in [2.75, 3.05) is 6.54 Å². The summed E-state index contributed by atoms with van der Waals surface area (Å²) in [7, 11) is 0. The standard InChI is InChI=1S/C16H27N3O3/c1-8-9-17-12(20)16(19(22)15(17,6)7)10-13(2,3)18(21)14(4,5)11-16/h8H,1,9-11H2,2-7H3. The molecule has 2 rings (SSSR count). The molecule has 0 aromatic heterocycles. The van der Waals surface area contributed by atoms with Gasteiger partial charge in [-0.2, -0.15) is 0 Å². The number of carbonyl (C=O) groups is 1. The molecule has 0 aromatic carbocycles. The summed E-state index contributed by atoms with van der Waals surface area (Å²) in [6.07, 6.45) is 2.09. The van der Waals surface area contributed by atoms with Gasteiger partial charge >= 0.3 is 0 Å². The van der Waals surface area contributed by atoms with E-state index in [1.807, 2.05) is 0 Å². The van der Waals surface area contributed by atoms with E-state index in [2.05, 4.69) is 6.58 Å². The summed E-state index contributed by atoms with van der Waals surface area (Å²) < 4.78 is 0. The van der Waals surface area contributed by atoms with Crippen LogP contribution in [0.1, 0.15) is 54.4 Å². The van der Waals surface area contributed by atoms with E-state index < -0.39 is 22.3 Å². The molecule has 0 N–H and O–H groups in total. The summed E-state index contributed by atoms with van der Waals surface area (Å²) in [5, 5.41) is 27.6. The summed E-state index contributed by atoms with van der Waals surface area (Å²) in [6.45, 7) is 14.7. The van der Waals surface area contributed by atoms with Crippen molar-refractivity contribution in [2.45, 2.75) is 76.7 Å². The van der Waals surface area contributed by atoms with Crippen molar-refractivity contribution in [2.24, 2.45) is 0 Å². The number of nitrogens with zero attached hydrogens (tertiary/aromatic N) is 3. The van der Waals surface area contributed by atoms with Crippen molar-refractivity contribution in [1.82, 2.24) is 15.0 Å². The molecule has 2 aliphatic heterocycles. The van der Waals surface area contributed by atoms with Gasteiger partial charge in [0.2, 0.25) is 5.91 Å². The van der Waals surface area contributed by atoms with Gasteiger partial charge in [0, 0.05) is 17.6 Å². The molecule has 1 amide bonds. The van der Waals surface area contributed by atoms with E-state index in [0.29, 0.717) is 6.54 Å². The summed E-state index contributed by atoms with van der Waals surface area (Å²) in [4.78, 5) is 14.7. The SMILES string of the molecule is C=CCN1C(=O)C2(CC(C)(C)N([O])C(C)(C)C2)N([O])C1(C)C. The molecule has 2 radical (unpaired) electrons. The zero-order chi connectivity index (χ0) is 17.1. The highest BCUT2D eigenvalue weighted by molar-refractivity contribution is 5.90. The van der Waals surface area contributed by atoms with Gasteiger partial charge in [0.15, 0.2) is 0 Å². The normalized spacial score (nSPS) is 30.0. The molecule has 0 aromatic rings. The van der Waals surface area contributed by atoms with Crippen LogP contribution in [0.25, 0.3) is 0 Å². The molecule has 6 nitrogen and oxygen atoms in total. The Hall–Kier alpha value is -0.950. The Labute approximate surface area is 132 Å². The van der Waals surface area contributed by atoms with Gasteiger partial charge in [-0.15, -0.1) is 27.1 Å². The van der Waals surface area contributed by atoms with Crippen LogP contribution in [0.2, 0.25) is 0 Å². The van der Waals surface area contributed by atoms with E-state index in [-0.39, 0.29) is 18.7 Å². The maximum atomic E-state index is 13.1. The third-order valence-electron chi connectivity index (χ3n) is 5.05. The smallest absolute Gasteiger partial charge is 0.247 e. The zero-order valence-electron chi connectivity index (χ0n) is 14.5. The highest BCUT2D eigenvalue weighted by Crippen LogP contribution is 2.51. The molecule has 0 saturated carbocycles. The molecule has 22 heavy (non-hydrogen) atoms. The molecule has 124 valence electrons. The predicted octanol–water partition coefficient (Wildman–Crippen LogP) is 2.14. The first-order valence-corrected chi connectivity index (χ1v) is 7.71. The Kier molecular flexibility index (Phi) is 3.77. The van der Waals surface area contributed by atoms with Gasteiger partial charge < -0.3 is 4.90 Å². The molecule has 2 heterocycles. The second-order valence-electron chi connectivity index (χ2n) is 8.30. The minimum Gasteiger partial charge on any atom is -0.317 e. The topological polar surface area (TPSA) is 66.6 Å². The van der Waals surface area contributed by atoms with Crippen molar-refractivity contribution >= 4 is 5.91 Å². The van der Waals surface area contributed by atoms with Crippen molar-refractivity contribution < 1.29 is 15.2 Å². The minimum absolute atomic E-state index is 0.193. The number of hydrogen-bond acceptors (Lipinski definition) is 3. The Balaban J connectivity index is 2.54. The molecule has 0 bridgehead atoms. The first-order valence-electron chi connectivity index (χ1n) is 7.71. The van der Waals surface area contributed by atoms with Gasteiger partial charge in [-0.05, 0) is 54.4 Å². The Morgan fingerprint density at radius 2 is 1.45 bits per heavy atom. The minimum atomic E-state index is -1.18. The third kappa shape index (κ3) is 2.12. The van der Waals surface area contributed by atoms with Crippen molar-refractivity contribution in [3.63, 3.8) is 0 Å². The molecule has 0 atom stereocenters. The fourth-order valence-electron chi connectivity index (χ4n) is 4.41. The monoisotopic (exact) mass is 309 g/mol. The van der Waals surface area contributed by atoms with Crippen molar-refractivity contribution in [3.8, 4) is 0 Å². The summed E-state index contributed by atoms with van der Waals surface area (Å²) in [6, 6.07) is 0. The molecular weight excluding hydrogens is 282 g/mol. The van der Waals surface area contributed by atoms with Crippen LogP contribution in [0.5, 0.6) is 0 Å².